The highest BCUT2D eigenvalue weighted by molar-refractivity contribution is 5.91. The zero-order valence-corrected chi connectivity index (χ0v) is 12.4. The van der Waals surface area contributed by atoms with Gasteiger partial charge in [0.2, 0.25) is 0 Å². The quantitative estimate of drug-likeness (QED) is 0.727. The first-order valence-corrected chi connectivity index (χ1v) is 6.90. The number of methoxy groups -OCH3 is 1. The summed E-state index contributed by atoms with van der Waals surface area (Å²) in [5.74, 6) is 0.521. The number of aromatic nitrogens is 4. The average Bonchev–Trinajstić information content (AvgIpc) is 3.14. The molecule has 3 rings (SSSR count). The zero-order chi connectivity index (χ0) is 16.1. The van der Waals surface area contributed by atoms with Crippen LogP contribution in [-0.4, -0.2) is 33.7 Å². The van der Waals surface area contributed by atoms with Crippen molar-refractivity contribution in [3.63, 3.8) is 0 Å². The largest absolute Gasteiger partial charge is 0.489 e. The number of nitrogens with zero attached hydrogens (tertiary/aromatic N) is 3. The van der Waals surface area contributed by atoms with Crippen molar-refractivity contribution < 1.29 is 14.3 Å². The monoisotopic (exact) mass is 310 g/mol. The third-order valence-corrected chi connectivity index (χ3v) is 3.19. The first-order valence-electron chi connectivity index (χ1n) is 6.90. The molecule has 0 spiro atoms. The summed E-state index contributed by atoms with van der Waals surface area (Å²) in [6.45, 7) is 0.388. The normalized spacial score (nSPS) is 10.3. The molecule has 0 bridgehead atoms. The summed E-state index contributed by atoms with van der Waals surface area (Å²) >= 11 is 0. The van der Waals surface area contributed by atoms with Crippen molar-refractivity contribution in [1.29, 1.82) is 0 Å². The molecule has 0 aliphatic carbocycles. The van der Waals surface area contributed by atoms with Crippen LogP contribution >= 0.6 is 0 Å². The lowest BCUT2D eigenvalue weighted by atomic mass is 10.1. The molecule has 0 aliphatic heterocycles. The minimum atomic E-state index is -0.455. The number of hydrogen-bond donors (Lipinski definition) is 1. The molecular formula is C16H14N4O3. The fraction of sp³-hybridized carbons (Fsp3) is 0.125. The number of rotatable bonds is 5. The zero-order valence-electron chi connectivity index (χ0n) is 12.4. The van der Waals surface area contributed by atoms with Gasteiger partial charge < -0.3 is 9.47 Å². The van der Waals surface area contributed by atoms with Crippen LogP contribution in [0.2, 0.25) is 0 Å². The Morgan fingerprint density at radius 3 is 2.70 bits per heavy atom. The maximum Gasteiger partial charge on any atom is 0.338 e. The number of ether oxygens (including phenoxy) is 2. The molecule has 0 fully saturated rings. The van der Waals surface area contributed by atoms with Gasteiger partial charge in [0.1, 0.15) is 12.4 Å². The van der Waals surface area contributed by atoms with E-state index in [1.807, 2.05) is 30.3 Å². The highest BCUT2D eigenvalue weighted by Gasteiger charge is 2.12. The van der Waals surface area contributed by atoms with Crippen LogP contribution in [-0.2, 0) is 11.3 Å². The van der Waals surface area contributed by atoms with Crippen molar-refractivity contribution in [1.82, 2.24) is 20.6 Å². The molecule has 0 radical (unpaired) electrons. The highest BCUT2D eigenvalue weighted by Crippen LogP contribution is 2.24. The van der Waals surface area contributed by atoms with Gasteiger partial charge in [0.25, 0.3) is 0 Å². The van der Waals surface area contributed by atoms with Gasteiger partial charge in [0, 0.05) is 5.56 Å². The van der Waals surface area contributed by atoms with Crippen molar-refractivity contribution in [3.05, 3.63) is 59.7 Å². The Morgan fingerprint density at radius 1 is 1.17 bits per heavy atom. The summed E-state index contributed by atoms with van der Waals surface area (Å²) in [6.07, 6.45) is 0. The molecule has 0 atom stereocenters. The van der Waals surface area contributed by atoms with Crippen LogP contribution in [0.1, 0.15) is 15.9 Å². The highest BCUT2D eigenvalue weighted by atomic mass is 16.5. The summed E-state index contributed by atoms with van der Waals surface area (Å²) in [5.41, 5.74) is 2.03. The van der Waals surface area contributed by atoms with Crippen LogP contribution in [0, 0.1) is 0 Å². The van der Waals surface area contributed by atoms with Gasteiger partial charge in [-0.25, -0.2) is 9.89 Å². The summed E-state index contributed by atoms with van der Waals surface area (Å²) in [5, 5.41) is 13.6. The fourth-order valence-electron chi connectivity index (χ4n) is 2.08. The smallest absolute Gasteiger partial charge is 0.338 e. The van der Waals surface area contributed by atoms with Gasteiger partial charge in [-0.2, -0.15) is 0 Å². The van der Waals surface area contributed by atoms with Crippen LogP contribution in [0.15, 0.2) is 48.5 Å². The average molecular weight is 310 g/mol. The van der Waals surface area contributed by atoms with Gasteiger partial charge in [-0.1, -0.05) is 30.3 Å². The molecule has 7 nitrogen and oxygen atoms in total. The summed E-state index contributed by atoms with van der Waals surface area (Å²) in [4.78, 5) is 11.8. The standard InChI is InChI=1S/C16H14N4O3/c1-22-16(21)13-7-12(15-17-19-20-18-15)8-14(9-13)23-10-11-5-3-2-4-6-11/h2-9H,10H2,1H3,(H,17,18,19,20). The number of nitrogens with one attached hydrogen (secondary N) is 1. The number of carbonyl (C=O) groups is 1. The Balaban J connectivity index is 1.89. The van der Waals surface area contributed by atoms with Crippen LogP contribution in [0.5, 0.6) is 5.75 Å². The summed E-state index contributed by atoms with van der Waals surface area (Å²) < 4.78 is 10.5. The van der Waals surface area contributed by atoms with Crippen molar-refractivity contribution in [2.24, 2.45) is 0 Å². The molecule has 2 aromatic carbocycles. The van der Waals surface area contributed by atoms with E-state index in [1.54, 1.807) is 18.2 Å². The Labute approximate surface area is 132 Å². The Hall–Kier alpha value is -3.22. The topological polar surface area (TPSA) is 90.0 Å². The molecule has 23 heavy (non-hydrogen) atoms. The second-order valence-corrected chi connectivity index (χ2v) is 4.76. The molecular weight excluding hydrogens is 296 g/mol. The van der Waals surface area contributed by atoms with Gasteiger partial charge in [0.05, 0.1) is 12.7 Å². The number of benzene rings is 2. The van der Waals surface area contributed by atoms with Crippen LogP contribution in [0.25, 0.3) is 11.4 Å². The second kappa shape index (κ2) is 6.69. The number of aromatic amines is 1. The van der Waals surface area contributed by atoms with E-state index in [-0.39, 0.29) is 0 Å². The SMILES string of the molecule is COC(=O)c1cc(OCc2ccccc2)cc(-c2nnn[nH]2)c1. The molecule has 0 saturated carbocycles. The fourth-order valence-corrected chi connectivity index (χ4v) is 2.08. The first kappa shape index (κ1) is 14.7. The van der Waals surface area contributed by atoms with Crippen molar-refractivity contribution in [2.45, 2.75) is 6.61 Å². The van der Waals surface area contributed by atoms with Crippen LogP contribution < -0.4 is 4.74 Å². The summed E-state index contributed by atoms with van der Waals surface area (Å²) in [6, 6.07) is 14.8. The molecule has 0 aliphatic rings. The third-order valence-electron chi connectivity index (χ3n) is 3.19. The lowest BCUT2D eigenvalue weighted by Crippen LogP contribution is -2.03. The van der Waals surface area contributed by atoms with E-state index < -0.39 is 5.97 Å². The predicted octanol–water partition coefficient (Wildman–Crippen LogP) is 2.23. The van der Waals surface area contributed by atoms with E-state index >= 15 is 0 Å². The maximum absolute atomic E-state index is 11.8. The van der Waals surface area contributed by atoms with E-state index in [9.17, 15) is 4.79 Å². The van der Waals surface area contributed by atoms with E-state index in [1.165, 1.54) is 7.11 Å². The van der Waals surface area contributed by atoms with E-state index in [2.05, 4.69) is 20.6 Å². The van der Waals surface area contributed by atoms with Crippen LogP contribution in [0.4, 0.5) is 0 Å². The Morgan fingerprint density at radius 2 is 2.00 bits per heavy atom. The van der Waals surface area contributed by atoms with Gasteiger partial charge in [-0.15, -0.1) is 5.10 Å². The van der Waals surface area contributed by atoms with E-state index in [0.29, 0.717) is 29.3 Å². The minimum Gasteiger partial charge on any atom is -0.489 e. The van der Waals surface area contributed by atoms with E-state index in [4.69, 9.17) is 9.47 Å². The van der Waals surface area contributed by atoms with E-state index in [0.717, 1.165) is 5.56 Å². The molecule has 0 amide bonds. The molecule has 0 unspecified atom stereocenters. The van der Waals surface area contributed by atoms with Crippen molar-refractivity contribution in [2.75, 3.05) is 7.11 Å². The second-order valence-electron chi connectivity index (χ2n) is 4.76. The Kier molecular flexibility index (Phi) is 4.28. The van der Waals surface area contributed by atoms with Crippen LogP contribution in [0.3, 0.4) is 0 Å². The van der Waals surface area contributed by atoms with Gasteiger partial charge in [0.15, 0.2) is 5.82 Å². The Bertz CT molecular complexity index is 788. The van der Waals surface area contributed by atoms with Gasteiger partial charge in [-0.05, 0) is 34.2 Å². The third kappa shape index (κ3) is 3.52. The minimum absolute atomic E-state index is 0.365. The molecule has 3 aromatic rings. The lowest BCUT2D eigenvalue weighted by molar-refractivity contribution is 0.0600. The number of tetrazole rings is 1. The van der Waals surface area contributed by atoms with Gasteiger partial charge >= 0.3 is 5.97 Å². The number of esters is 1. The summed E-state index contributed by atoms with van der Waals surface area (Å²) in [7, 11) is 1.33. The predicted molar refractivity (Wildman–Crippen MR) is 81.7 cm³/mol. The molecule has 0 saturated heterocycles. The number of hydrogen-bond acceptors (Lipinski definition) is 6. The van der Waals surface area contributed by atoms with Crippen molar-refractivity contribution >= 4 is 5.97 Å². The molecule has 1 N–H and O–H groups in total. The molecule has 1 heterocycles. The number of carbonyl (C=O) groups excluding carboxylic acids is 1. The van der Waals surface area contributed by atoms with Crippen molar-refractivity contribution in [3.8, 4) is 17.1 Å². The number of H-pyrrole nitrogens is 1. The maximum atomic E-state index is 11.8. The molecule has 1 aromatic heterocycles. The first-order chi connectivity index (χ1) is 11.3. The molecule has 116 valence electrons. The lowest BCUT2D eigenvalue weighted by Gasteiger charge is -2.09. The molecule has 7 heteroatoms. The van der Waals surface area contributed by atoms with Gasteiger partial charge in [-0.3, -0.25) is 0 Å².